The number of rotatable bonds is 3. The van der Waals surface area contributed by atoms with Crippen molar-refractivity contribution in [1.82, 2.24) is 5.32 Å². The molecule has 1 saturated carbocycles. The van der Waals surface area contributed by atoms with Gasteiger partial charge in [0.25, 0.3) is 0 Å². The maximum absolute atomic E-state index is 11.8. The highest BCUT2D eigenvalue weighted by Crippen LogP contribution is 2.33. The minimum atomic E-state index is -0.516. The predicted octanol–water partition coefficient (Wildman–Crippen LogP) is 1.39. The molecule has 1 aliphatic carbocycles. The van der Waals surface area contributed by atoms with Crippen molar-refractivity contribution in [3.05, 3.63) is 11.8 Å². The molecule has 1 fully saturated rings. The van der Waals surface area contributed by atoms with E-state index >= 15 is 0 Å². The Kier molecular flexibility index (Phi) is 3.61. The first-order chi connectivity index (χ1) is 6.96. The normalized spacial score (nSPS) is 20.3. The second kappa shape index (κ2) is 4.55. The summed E-state index contributed by atoms with van der Waals surface area (Å²) in [5.41, 5.74) is -0.0613. The van der Waals surface area contributed by atoms with Crippen LogP contribution in [0.5, 0.6) is 0 Å². The lowest BCUT2D eigenvalue weighted by molar-refractivity contribution is -0.127. The standard InChI is InChI=1S/C11H16FNO2/c1-11(2)5-9(14)8(10(15)6-11)7-13-4-3-12/h7,13H,3-6H2,1-2H3. The Morgan fingerprint density at radius 3 is 2.33 bits per heavy atom. The number of Topliss-reactive ketones (excluding diaryl/α,β-unsaturated/α-hetero) is 2. The molecule has 4 heteroatoms. The third kappa shape index (κ3) is 3.15. The molecule has 3 nitrogen and oxygen atoms in total. The zero-order valence-electron chi connectivity index (χ0n) is 9.10. The van der Waals surface area contributed by atoms with Gasteiger partial charge in [-0.2, -0.15) is 0 Å². The number of nitrogens with one attached hydrogen (secondary N) is 1. The molecular weight excluding hydrogens is 197 g/mol. The van der Waals surface area contributed by atoms with Gasteiger partial charge in [0, 0.05) is 25.6 Å². The Hall–Kier alpha value is -1.19. The van der Waals surface area contributed by atoms with E-state index in [1.165, 1.54) is 6.20 Å². The molecule has 0 spiro atoms. The Morgan fingerprint density at radius 1 is 1.33 bits per heavy atom. The van der Waals surface area contributed by atoms with Gasteiger partial charge in [0.15, 0.2) is 11.6 Å². The Bertz CT molecular complexity index is 286. The quantitative estimate of drug-likeness (QED) is 0.438. The van der Waals surface area contributed by atoms with Crippen LogP contribution in [0.3, 0.4) is 0 Å². The van der Waals surface area contributed by atoms with E-state index in [1.807, 2.05) is 13.8 Å². The van der Waals surface area contributed by atoms with E-state index < -0.39 is 6.67 Å². The molecule has 0 unspecified atom stereocenters. The lowest BCUT2D eigenvalue weighted by atomic mass is 9.74. The van der Waals surface area contributed by atoms with Gasteiger partial charge in [-0.15, -0.1) is 0 Å². The van der Waals surface area contributed by atoms with E-state index in [9.17, 15) is 14.0 Å². The fourth-order valence-corrected chi connectivity index (χ4v) is 1.67. The summed E-state index contributed by atoms with van der Waals surface area (Å²) in [5.74, 6) is -0.301. The van der Waals surface area contributed by atoms with E-state index in [2.05, 4.69) is 5.32 Å². The summed E-state index contributed by atoms with van der Waals surface area (Å²) in [5, 5.41) is 2.61. The first kappa shape index (κ1) is 11.9. The summed E-state index contributed by atoms with van der Waals surface area (Å²) in [6.07, 6.45) is 2.10. The summed E-state index contributed by atoms with van der Waals surface area (Å²) in [6, 6.07) is 0. The van der Waals surface area contributed by atoms with Crippen LogP contribution in [-0.4, -0.2) is 24.8 Å². The molecule has 0 radical (unpaired) electrons. The minimum absolute atomic E-state index is 0.132. The average Bonchev–Trinajstić information content (AvgIpc) is 2.08. The number of carbonyl (C=O) groups excluding carboxylic acids is 2. The molecule has 0 aliphatic heterocycles. The van der Waals surface area contributed by atoms with Gasteiger partial charge in [0.05, 0.1) is 5.57 Å². The largest absolute Gasteiger partial charge is 0.388 e. The van der Waals surface area contributed by atoms with Gasteiger partial charge in [-0.05, 0) is 5.41 Å². The molecule has 15 heavy (non-hydrogen) atoms. The maximum Gasteiger partial charge on any atom is 0.168 e. The van der Waals surface area contributed by atoms with E-state index in [-0.39, 0.29) is 29.1 Å². The van der Waals surface area contributed by atoms with Crippen LogP contribution >= 0.6 is 0 Å². The van der Waals surface area contributed by atoms with E-state index in [0.717, 1.165) is 0 Å². The van der Waals surface area contributed by atoms with E-state index in [1.54, 1.807) is 0 Å². The molecule has 0 atom stereocenters. The molecule has 0 aromatic heterocycles. The van der Waals surface area contributed by atoms with Crippen molar-refractivity contribution in [1.29, 1.82) is 0 Å². The van der Waals surface area contributed by atoms with E-state index in [4.69, 9.17) is 0 Å². The van der Waals surface area contributed by atoms with Crippen molar-refractivity contribution in [2.45, 2.75) is 26.7 Å². The second-order valence-electron chi connectivity index (χ2n) is 4.57. The van der Waals surface area contributed by atoms with Crippen LogP contribution in [0.1, 0.15) is 26.7 Å². The fraction of sp³-hybridized carbons (Fsp3) is 0.636. The van der Waals surface area contributed by atoms with Gasteiger partial charge in [-0.1, -0.05) is 13.8 Å². The summed E-state index contributed by atoms with van der Waals surface area (Å²) < 4.78 is 11.8. The number of hydrogen-bond donors (Lipinski definition) is 1. The van der Waals surface area contributed by atoms with Crippen molar-refractivity contribution in [3.63, 3.8) is 0 Å². The van der Waals surface area contributed by atoms with Crippen molar-refractivity contribution in [2.24, 2.45) is 5.41 Å². The monoisotopic (exact) mass is 213 g/mol. The van der Waals surface area contributed by atoms with Gasteiger partial charge in [0.2, 0.25) is 0 Å². The molecule has 1 rings (SSSR count). The molecule has 0 bridgehead atoms. The van der Waals surface area contributed by atoms with E-state index in [0.29, 0.717) is 12.8 Å². The van der Waals surface area contributed by atoms with Gasteiger partial charge < -0.3 is 5.32 Å². The fourth-order valence-electron chi connectivity index (χ4n) is 1.67. The summed E-state index contributed by atoms with van der Waals surface area (Å²) in [7, 11) is 0. The number of alkyl halides is 1. The number of halogens is 1. The molecule has 0 saturated heterocycles. The van der Waals surface area contributed by atoms with Crippen LogP contribution in [0.15, 0.2) is 11.8 Å². The van der Waals surface area contributed by atoms with Crippen LogP contribution in [0, 0.1) is 5.41 Å². The van der Waals surface area contributed by atoms with Crippen LogP contribution in [0.2, 0.25) is 0 Å². The highest BCUT2D eigenvalue weighted by atomic mass is 19.1. The van der Waals surface area contributed by atoms with Gasteiger partial charge in [-0.25, -0.2) is 4.39 Å². The van der Waals surface area contributed by atoms with Crippen molar-refractivity contribution < 1.29 is 14.0 Å². The van der Waals surface area contributed by atoms with Gasteiger partial charge in [0.1, 0.15) is 6.67 Å². The van der Waals surface area contributed by atoms with Crippen LogP contribution in [-0.2, 0) is 9.59 Å². The molecule has 0 aromatic rings. The SMILES string of the molecule is CC1(C)CC(=O)C(=CNCCF)C(=O)C1. The molecule has 1 aliphatic rings. The number of hydrogen-bond acceptors (Lipinski definition) is 3. The van der Waals surface area contributed by atoms with Crippen LogP contribution in [0.4, 0.5) is 4.39 Å². The van der Waals surface area contributed by atoms with Crippen molar-refractivity contribution >= 4 is 11.6 Å². The first-order valence-electron chi connectivity index (χ1n) is 5.02. The maximum atomic E-state index is 11.8. The van der Waals surface area contributed by atoms with Crippen molar-refractivity contribution in [2.75, 3.05) is 13.2 Å². The third-order valence-corrected chi connectivity index (χ3v) is 2.36. The zero-order valence-corrected chi connectivity index (χ0v) is 9.10. The number of ketones is 2. The zero-order chi connectivity index (χ0) is 11.5. The Morgan fingerprint density at radius 2 is 1.87 bits per heavy atom. The smallest absolute Gasteiger partial charge is 0.168 e. The average molecular weight is 213 g/mol. The lowest BCUT2D eigenvalue weighted by Crippen LogP contribution is -2.32. The number of allylic oxidation sites excluding steroid dienone is 1. The number of carbonyl (C=O) groups is 2. The molecule has 84 valence electrons. The Labute approximate surface area is 88.7 Å². The predicted molar refractivity (Wildman–Crippen MR) is 55.1 cm³/mol. The topological polar surface area (TPSA) is 46.2 Å². The minimum Gasteiger partial charge on any atom is -0.388 e. The molecular formula is C11H16FNO2. The molecule has 1 N–H and O–H groups in total. The van der Waals surface area contributed by atoms with Crippen LogP contribution in [0.25, 0.3) is 0 Å². The Balaban J connectivity index is 2.71. The molecule has 0 amide bonds. The van der Waals surface area contributed by atoms with Crippen molar-refractivity contribution in [3.8, 4) is 0 Å². The molecule has 0 heterocycles. The second-order valence-corrected chi connectivity index (χ2v) is 4.57. The molecule has 0 aromatic carbocycles. The summed E-state index contributed by atoms with van der Waals surface area (Å²) in [6.45, 7) is 3.41. The lowest BCUT2D eigenvalue weighted by Gasteiger charge is -2.28. The van der Waals surface area contributed by atoms with Crippen LogP contribution < -0.4 is 5.32 Å². The highest BCUT2D eigenvalue weighted by Gasteiger charge is 2.35. The highest BCUT2D eigenvalue weighted by molar-refractivity contribution is 6.22. The third-order valence-electron chi connectivity index (χ3n) is 2.36. The van der Waals surface area contributed by atoms with Gasteiger partial charge >= 0.3 is 0 Å². The first-order valence-corrected chi connectivity index (χ1v) is 5.02. The summed E-state index contributed by atoms with van der Waals surface area (Å²) in [4.78, 5) is 23.2. The summed E-state index contributed by atoms with van der Waals surface area (Å²) >= 11 is 0. The van der Waals surface area contributed by atoms with Gasteiger partial charge in [-0.3, -0.25) is 9.59 Å².